The quantitative estimate of drug-likeness (QED) is 0.272. The highest BCUT2D eigenvalue weighted by Gasteiger charge is 2.42. The first-order valence-electron chi connectivity index (χ1n) is 11.7. The van der Waals surface area contributed by atoms with Gasteiger partial charge < -0.3 is 20.1 Å². The Kier molecular flexibility index (Phi) is 7.15. The summed E-state index contributed by atoms with van der Waals surface area (Å²) in [5.74, 6) is 0.463. The molecule has 0 radical (unpaired) electrons. The van der Waals surface area contributed by atoms with E-state index in [4.69, 9.17) is 35.4 Å². The minimum Gasteiger partial charge on any atom is -0.351 e. The lowest BCUT2D eigenvalue weighted by atomic mass is 10.0. The number of nitrogens with one attached hydrogen (secondary N) is 2. The Morgan fingerprint density at radius 3 is 2.59 bits per heavy atom. The number of carbonyl (C=O) groups excluding carboxylic acids is 1. The van der Waals surface area contributed by atoms with Crippen molar-refractivity contribution >= 4 is 57.8 Å². The molecule has 10 heteroatoms. The van der Waals surface area contributed by atoms with Crippen molar-refractivity contribution in [2.24, 2.45) is 5.92 Å². The van der Waals surface area contributed by atoms with Crippen LogP contribution >= 0.6 is 35.4 Å². The second kappa shape index (κ2) is 10.5. The molecule has 3 aromatic heterocycles. The average Bonchev–Trinajstić information content (AvgIpc) is 3.50. The van der Waals surface area contributed by atoms with Crippen LogP contribution in [0.3, 0.4) is 0 Å². The minimum atomic E-state index is -0.276. The van der Waals surface area contributed by atoms with Crippen LogP contribution in [0.15, 0.2) is 79.3 Å². The summed E-state index contributed by atoms with van der Waals surface area (Å²) in [6, 6.07) is 18.5. The summed E-state index contributed by atoms with van der Waals surface area (Å²) in [6.07, 6.45) is 5.34. The second-order valence-electron chi connectivity index (χ2n) is 8.94. The van der Waals surface area contributed by atoms with E-state index in [2.05, 4.69) is 20.6 Å². The Morgan fingerprint density at radius 1 is 1.08 bits per heavy atom. The fraction of sp³-hybridized carbons (Fsp3) is 0.185. The maximum absolute atomic E-state index is 12.2. The molecule has 37 heavy (non-hydrogen) atoms. The Balaban J connectivity index is 1.59. The summed E-state index contributed by atoms with van der Waals surface area (Å²) < 4.78 is 2.01. The molecule has 4 aromatic rings. The van der Waals surface area contributed by atoms with Crippen LogP contribution in [-0.4, -0.2) is 25.6 Å². The van der Waals surface area contributed by atoms with Crippen molar-refractivity contribution in [2.45, 2.75) is 25.9 Å². The van der Waals surface area contributed by atoms with Crippen LogP contribution in [0.25, 0.3) is 5.82 Å². The molecule has 1 aromatic carbocycles. The largest absolute Gasteiger partial charge is 0.351 e. The Morgan fingerprint density at radius 2 is 1.92 bits per heavy atom. The van der Waals surface area contributed by atoms with Crippen LogP contribution in [0.1, 0.15) is 37.3 Å². The number of nitrogens with zero attached hydrogens (tertiary/aromatic N) is 4. The molecule has 1 amide bonds. The van der Waals surface area contributed by atoms with E-state index in [-0.39, 0.29) is 23.9 Å². The van der Waals surface area contributed by atoms with Gasteiger partial charge in [-0.25, -0.2) is 4.98 Å². The van der Waals surface area contributed by atoms with E-state index in [0.29, 0.717) is 20.8 Å². The summed E-state index contributed by atoms with van der Waals surface area (Å²) in [5.41, 5.74) is 3.13. The van der Waals surface area contributed by atoms with Crippen molar-refractivity contribution in [1.82, 2.24) is 19.9 Å². The Labute approximate surface area is 230 Å². The van der Waals surface area contributed by atoms with Gasteiger partial charge in [0.2, 0.25) is 5.91 Å². The highest BCUT2D eigenvalue weighted by atomic mass is 35.5. The first-order valence-corrected chi connectivity index (χ1v) is 12.9. The van der Waals surface area contributed by atoms with E-state index in [1.165, 1.54) is 0 Å². The van der Waals surface area contributed by atoms with Crippen LogP contribution < -0.4 is 15.5 Å². The third-order valence-electron chi connectivity index (χ3n) is 6.15. The molecule has 5 rings (SSSR count). The molecular formula is C27H24Cl2N6OS. The summed E-state index contributed by atoms with van der Waals surface area (Å²) in [4.78, 5) is 23.4. The number of benzene rings is 1. The van der Waals surface area contributed by atoms with E-state index in [0.717, 1.165) is 22.9 Å². The SMILES string of the molecule is CC(C)C(=O)Nc1ccc(N2C(=S)N[C@H](c3ccccn3)[C@H]2c2cccn2-c2ccc(Cl)cn2)cc1Cl. The van der Waals surface area contributed by atoms with Gasteiger partial charge in [0.25, 0.3) is 0 Å². The number of hydrogen-bond donors (Lipinski definition) is 2. The molecule has 2 N–H and O–H groups in total. The summed E-state index contributed by atoms with van der Waals surface area (Å²) in [7, 11) is 0. The van der Waals surface area contributed by atoms with Gasteiger partial charge in [0.05, 0.1) is 27.5 Å². The van der Waals surface area contributed by atoms with Crippen molar-refractivity contribution in [3.63, 3.8) is 0 Å². The lowest BCUT2D eigenvalue weighted by molar-refractivity contribution is -0.118. The number of amides is 1. The minimum absolute atomic E-state index is 0.102. The van der Waals surface area contributed by atoms with Crippen molar-refractivity contribution in [3.8, 4) is 5.82 Å². The van der Waals surface area contributed by atoms with Crippen LogP contribution in [0.2, 0.25) is 10.0 Å². The lowest BCUT2D eigenvalue weighted by Gasteiger charge is -2.29. The monoisotopic (exact) mass is 550 g/mol. The van der Waals surface area contributed by atoms with Crippen LogP contribution in [0.5, 0.6) is 0 Å². The molecule has 1 saturated heterocycles. The molecule has 1 aliphatic rings. The number of hydrogen-bond acceptors (Lipinski definition) is 4. The normalized spacial score (nSPS) is 17.2. The number of aromatic nitrogens is 3. The van der Waals surface area contributed by atoms with Gasteiger partial charge in [-0.3, -0.25) is 9.78 Å². The van der Waals surface area contributed by atoms with Gasteiger partial charge in [-0.15, -0.1) is 0 Å². The van der Waals surface area contributed by atoms with E-state index < -0.39 is 0 Å². The zero-order valence-electron chi connectivity index (χ0n) is 20.1. The molecular weight excluding hydrogens is 527 g/mol. The first-order chi connectivity index (χ1) is 17.8. The van der Waals surface area contributed by atoms with Crippen molar-refractivity contribution in [2.75, 3.05) is 10.2 Å². The van der Waals surface area contributed by atoms with E-state index in [9.17, 15) is 4.79 Å². The summed E-state index contributed by atoms with van der Waals surface area (Å²) in [5, 5.41) is 7.85. The molecule has 188 valence electrons. The predicted molar refractivity (Wildman–Crippen MR) is 151 cm³/mol. The van der Waals surface area contributed by atoms with E-state index in [1.807, 2.05) is 84.1 Å². The first kappa shape index (κ1) is 25.2. The Bertz CT molecular complexity index is 1440. The molecule has 2 atom stereocenters. The fourth-order valence-electron chi connectivity index (χ4n) is 4.32. The average molecular weight is 552 g/mol. The smallest absolute Gasteiger partial charge is 0.226 e. The zero-order chi connectivity index (χ0) is 26.1. The fourth-order valence-corrected chi connectivity index (χ4v) is 5.00. The van der Waals surface area contributed by atoms with Crippen LogP contribution in [0.4, 0.5) is 11.4 Å². The summed E-state index contributed by atoms with van der Waals surface area (Å²) in [6.45, 7) is 3.66. The molecule has 1 aliphatic heterocycles. The third-order valence-corrected chi connectivity index (χ3v) is 7.00. The number of pyridine rings is 2. The van der Waals surface area contributed by atoms with Gasteiger partial charge in [0, 0.05) is 35.9 Å². The molecule has 0 bridgehead atoms. The number of carbonyl (C=O) groups is 1. The second-order valence-corrected chi connectivity index (χ2v) is 10.2. The van der Waals surface area contributed by atoms with Crippen LogP contribution in [-0.2, 0) is 4.79 Å². The van der Waals surface area contributed by atoms with Gasteiger partial charge in [0.15, 0.2) is 5.11 Å². The topological polar surface area (TPSA) is 75.1 Å². The number of thiocarbonyl (C=S) groups is 1. The summed E-state index contributed by atoms with van der Waals surface area (Å²) >= 11 is 18.6. The number of halogens is 2. The number of anilines is 2. The van der Waals surface area contributed by atoms with Gasteiger partial charge in [0.1, 0.15) is 11.9 Å². The van der Waals surface area contributed by atoms with Crippen LogP contribution in [0, 0.1) is 5.92 Å². The molecule has 0 unspecified atom stereocenters. The third kappa shape index (κ3) is 5.05. The molecule has 0 saturated carbocycles. The van der Waals surface area contributed by atoms with E-state index >= 15 is 0 Å². The van der Waals surface area contributed by atoms with Crippen molar-refractivity contribution < 1.29 is 4.79 Å². The number of rotatable bonds is 6. The molecule has 1 fully saturated rings. The Hall–Kier alpha value is -3.46. The van der Waals surface area contributed by atoms with Gasteiger partial charge in [-0.2, -0.15) is 0 Å². The molecule has 7 nitrogen and oxygen atoms in total. The van der Waals surface area contributed by atoms with E-state index in [1.54, 1.807) is 18.5 Å². The molecule has 0 aliphatic carbocycles. The van der Waals surface area contributed by atoms with Gasteiger partial charge >= 0.3 is 0 Å². The standard InChI is InChI=1S/C27H24Cl2N6OS/c1-16(2)26(36)32-20-10-9-18(14-19(20)29)35-25(24(33-27(35)37)21-6-3-4-12-30-21)22-7-5-13-34(22)23-11-8-17(28)15-31-23/h3-16,24-25H,1-2H3,(H,32,36)(H,33,37)/t24-,25-/m1/s1. The molecule has 0 spiro atoms. The zero-order valence-corrected chi connectivity index (χ0v) is 22.4. The molecule has 4 heterocycles. The maximum atomic E-state index is 12.2. The van der Waals surface area contributed by atoms with Gasteiger partial charge in [-0.1, -0.05) is 43.1 Å². The van der Waals surface area contributed by atoms with Crippen molar-refractivity contribution in [3.05, 3.63) is 101 Å². The highest BCUT2D eigenvalue weighted by molar-refractivity contribution is 7.80. The van der Waals surface area contributed by atoms with Gasteiger partial charge in [-0.05, 0) is 66.8 Å². The van der Waals surface area contributed by atoms with Crippen molar-refractivity contribution in [1.29, 1.82) is 0 Å². The maximum Gasteiger partial charge on any atom is 0.226 e. The lowest BCUT2D eigenvalue weighted by Crippen LogP contribution is -2.30. The highest BCUT2D eigenvalue weighted by Crippen LogP contribution is 2.43. The predicted octanol–water partition coefficient (Wildman–Crippen LogP) is 6.35.